The van der Waals surface area contributed by atoms with Crippen LogP contribution in [0, 0.1) is 0 Å². The first-order chi connectivity index (χ1) is 16.3. The van der Waals surface area contributed by atoms with Crippen LogP contribution < -0.4 is 10.6 Å². The van der Waals surface area contributed by atoms with Gasteiger partial charge >= 0.3 is 12.1 Å². The minimum atomic E-state index is -1.34. The van der Waals surface area contributed by atoms with Crippen LogP contribution in [0.2, 0.25) is 0 Å². The standard InChI is InChI=1S/C26H29N3O5/c1-4-14-33-23(30)22(15-19-16-27-21-13-9-8-12-20(19)21)28-24(31)26(2,3)29-25(32)34-17-18-10-6-5-7-11-18/h4-13,16,22,27H,1,14-15,17H2,2-3H3,(H,28,31)(H,29,32)/t22-/m1/s1. The summed E-state index contributed by atoms with van der Waals surface area (Å²) in [6.07, 6.45) is 2.72. The maximum absolute atomic E-state index is 13.0. The van der Waals surface area contributed by atoms with Crippen LogP contribution in [0.5, 0.6) is 0 Å². The molecule has 3 aromatic rings. The van der Waals surface area contributed by atoms with Crippen molar-refractivity contribution in [2.75, 3.05) is 6.61 Å². The quantitative estimate of drug-likeness (QED) is 0.314. The third kappa shape index (κ3) is 6.48. The van der Waals surface area contributed by atoms with E-state index >= 15 is 0 Å². The van der Waals surface area contributed by atoms with Crippen LogP contribution in [0.1, 0.15) is 25.0 Å². The second-order valence-electron chi connectivity index (χ2n) is 8.32. The lowest BCUT2D eigenvalue weighted by Crippen LogP contribution is -2.58. The van der Waals surface area contributed by atoms with Gasteiger partial charge < -0.3 is 25.1 Å². The molecule has 0 fully saturated rings. The number of amides is 2. The maximum atomic E-state index is 13.0. The largest absolute Gasteiger partial charge is 0.460 e. The first-order valence-electron chi connectivity index (χ1n) is 10.9. The third-order valence-electron chi connectivity index (χ3n) is 5.23. The van der Waals surface area contributed by atoms with E-state index in [-0.39, 0.29) is 19.6 Å². The second kappa shape index (κ2) is 11.2. The van der Waals surface area contributed by atoms with Gasteiger partial charge in [-0.05, 0) is 31.0 Å². The molecule has 0 radical (unpaired) electrons. The van der Waals surface area contributed by atoms with E-state index in [9.17, 15) is 14.4 Å². The second-order valence-corrected chi connectivity index (χ2v) is 8.32. The minimum absolute atomic E-state index is 0.0204. The number of carbonyl (C=O) groups excluding carboxylic acids is 3. The molecule has 1 atom stereocenters. The Bertz CT molecular complexity index is 1150. The van der Waals surface area contributed by atoms with Gasteiger partial charge in [0.05, 0.1) is 0 Å². The number of hydrogen-bond donors (Lipinski definition) is 3. The summed E-state index contributed by atoms with van der Waals surface area (Å²) in [5.74, 6) is -1.15. The number of carbonyl (C=O) groups is 3. The van der Waals surface area contributed by atoms with Gasteiger partial charge in [0, 0.05) is 23.5 Å². The molecule has 0 aliphatic rings. The van der Waals surface area contributed by atoms with Gasteiger partial charge in [-0.2, -0.15) is 0 Å². The topological polar surface area (TPSA) is 110 Å². The highest BCUT2D eigenvalue weighted by Crippen LogP contribution is 2.20. The Morgan fingerprint density at radius 2 is 1.76 bits per heavy atom. The highest BCUT2D eigenvalue weighted by Gasteiger charge is 2.34. The summed E-state index contributed by atoms with van der Waals surface area (Å²) in [5, 5.41) is 6.22. The number of alkyl carbamates (subject to hydrolysis) is 1. The summed E-state index contributed by atoms with van der Waals surface area (Å²) in [6.45, 7) is 6.70. The van der Waals surface area contributed by atoms with Crippen LogP contribution in [0.3, 0.4) is 0 Å². The normalized spacial score (nSPS) is 11.9. The molecule has 34 heavy (non-hydrogen) atoms. The SMILES string of the molecule is C=CCOC(=O)[C@@H](Cc1c[nH]c2ccccc12)NC(=O)C(C)(C)NC(=O)OCc1ccccc1. The number of hydrogen-bond acceptors (Lipinski definition) is 5. The van der Waals surface area contributed by atoms with Gasteiger partial charge in [-0.1, -0.05) is 61.2 Å². The predicted octanol–water partition coefficient (Wildman–Crippen LogP) is 3.63. The molecule has 2 amide bonds. The van der Waals surface area contributed by atoms with Gasteiger partial charge in [0.25, 0.3) is 0 Å². The number of benzene rings is 2. The lowest BCUT2D eigenvalue weighted by atomic mass is 10.0. The highest BCUT2D eigenvalue weighted by atomic mass is 16.5. The van der Waals surface area contributed by atoms with E-state index in [0.717, 1.165) is 22.0 Å². The van der Waals surface area contributed by atoms with Gasteiger partial charge in [-0.3, -0.25) is 4.79 Å². The molecule has 2 aromatic carbocycles. The van der Waals surface area contributed by atoms with Crippen LogP contribution in [0.4, 0.5) is 4.79 Å². The van der Waals surface area contributed by atoms with Crippen molar-refractivity contribution in [1.82, 2.24) is 15.6 Å². The van der Waals surface area contributed by atoms with Crippen LogP contribution in [-0.2, 0) is 32.1 Å². The molecule has 0 saturated heterocycles. The zero-order chi connectivity index (χ0) is 24.6. The fourth-order valence-corrected chi connectivity index (χ4v) is 3.37. The van der Waals surface area contributed by atoms with Crippen molar-refractivity contribution in [3.63, 3.8) is 0 Å². The van der Waals surface area contributed by atoms with Crippen molar-refractivity contribution in [3.05, 3.63) is 84.6 Å². The summed E-state index contributed by atoms with van der Waals surface area (Å²) >= 11 is 0. The van der Waals surface area contributed by atoms with Gasteiger partial charge in [0.1, 0.15) is 24.8 Å². The molecule has 3 N–H and O–H groups in total. The number of H-pyrrole nitrogens is 1. The average molecular weight is 464 g/mol. The molecule has 0 aliphatic carbocycles. The van der Waals surface area contributed by atoms with Crippen LogP contribution in [-0.4, -0.2) is 41.1 Å². The number of aromatic nitrogens is 1. The number of para-hydroxylation sites is 1. The summed E-state index contributed by atoms with van der Waals surface area (Å²) in [6, 6.07) is 15.9. The average Bonchev–Trinajstić information content (AvgIpc) is 3.24. The number of aromatic amines is 1. The van der Waals surface area contributed by atoms with E-state index in [2.05, 4.69) is 22.2 Å². The molecule has 0 unspecified atom stereocenters. The summed E-state index contributed by atoms with van der Waals surface area (Å²) in [4.78, 5) is 41.2. The number of fused-ring (bicyclic) bond motifs is 1. The molecule has 1 aromatic heterocycles. The van der Waals surface area contributed by atoms with E-state index in [0.29, 0.717) is 0 Å². The fourth-order valence-electron chi connectivity index (χ4n) is 3.37. The molecule has 3 rings (SSSR count). The molecule has 178 valence electrons. The molecular weight excluding hydrogens is 434 g/mol. The Balaban J connectivity index is 1.67. The molecule has 1 heterocycles. The Kier molecular flexibility index (Phi) is 8.08. The Hall–Kier alpha value is -4.07. The zero-order valence-electron chi connectivity index (χ0n) is 19.3. The van der Waals surface area contributed by atoms with Crippen molar-refractivity contribution in [2.24, 2.45) is 0 Å². The Morgan fingerprint density at radius 3 is 2.50 bits per heavy atom. The third-order valence-corrected chi connectivity index (χ3v) is 5.23. The summed E-state index contributed by atoms with van der Waals surface area (Å²) < 4.78 is 10.4. The minimum Gasteiger partial charge on any atom is -0.460 e. The molecule has 0 saturated carbocycles. The predicted molar refractivity (Wildman–Crippen MR) is 129 cm³/mol. The monoisotopic (exact) mass is 463 g/mol. The molecule has 8 nitrogen and oxygen atoms in total. The van der Waals surface area contributed by atoms with Gasteiger partial charge in [0.15, 0.2) is 0 Å². The van der Waals surface area contributed by atoms with Crippen LogP contribution >= 0.6 is 0 Å². The molecule has 0 spiro atoms. The van der Waals surface area contributed by atoms with Crippen molar-refractivity contribution in [2.45, 2.75) is 38.5 Å². The van der Waals surface area contributed by atoms with Gasteiger partial charge in [0.2, 0.25) is 5.91 Å². The number of nitrogens with one attached hydrogen (secondary N) is 3. The van der Waals surface area contributed by atoms with E-state index in [4.69, 9.17) is 9.47 Å². The van der Waals surface area contributed by atoms with E-state index in [1.165, 1.54) is 19.9 Å². The van der Waals surface area contributed by atoms with Crippen LogP contribution in [0.25, 0.3) is 10.9 Å². The van der Waals surface area contributed by atoms with Crippen molar-refractivity contribution >= 4 is 28.9 Å². The first kappa shape index (κ1) is 24.6. The first-order valence-corrected chi connectivity index (χ1v) is 10.9. The van der Waals surface area contributed by atoms with Gasteiger partial charge in [-0.15, -0.1) is 0 Å². The zero-order valence-corrected chi connectivity index (χ0v) is 19.3. The Morgan fingerprint density at radius 1 is 1.06 bits per heavy atom. The summed E-state index contributed by atoms with van der Waals surface area (Å²) in [7, 11) is 0. The van der Waals surface area contributed by atoms with E-state index in [1.807, 2.05) is 54.6 Å². The van der Waals surface area contributed by atoms with Gasteiger partial charge in [-0.25, -0.2) is 9.59 Å². The maximum Gasteiger partial charge on any atom is 0.408 e. The number of rotatable bonds is 10. The summed E-state index contributed by atoms with van der Waals surface area (Å²) in [5.41, 5.74) is 1.25. The van der Waals surface area contributed by atoms with Crippen molar-refractivity contribution in [3.8, 4) is 0 Å². The number of ether oxygens (including phenoxy) is 2. The lowest BCUT2D eigenvalue weighted by Gasteiger charge is -2.27. The van der Waals surface area contributed by atoms with Crippen LogP contribution in [0.15, 0.2) is 73.4 Å². The van der Waals surface area contributed by atoms with E-state index in [1.54, 1.807) is 6.20 Å². The van der Waals surface area contributed by atoms with E-state index < -0.39 is 29.6 Å². The smallest absolute Gasteiger partial charge is 0.408 e. The number of esters is 1. The molecular formula is C26H29N3O5. The molecule has 8 heteroatoms. The van der Waals surface area contributed by atoms with Crippen molar-refractivity contribution < 1.29 is 23.9 Å². The van der Waals surface area contributed by atoms with Crippen molar-refractivity contribution in [1.29, 1.82) is 0 Å². The lowest BCUT2D eigenvalue weighted by molar-refractivity contribution is -0.147. The Labute approximate surface area is 198 Å². The fraction of sp³-hybridized carbons (Fsp3) is 0.269. The highest BCUT2D eigenvalue weighted by molar-refractivity contribution is 5.93. The molecule has 0 aliphatic heterocycles. The molecule has 0 bridgehead atoms.